The molecule has 0 aliphatic rings. The molecule has 0 spiro atoms. The van der Waals surface area contributed by atoms with Gasteiger partial charge in [0.25, 0.3) is 0 Å². The fourth-order valence-electron chi connectivity index (χ4n) is 2.82. The van der Waals surface area contributed by atoms with Crippen molar-refractivity contribution in [3.05, 3.63) is 48.0 Å². The highest BCUT2D eigenvalue weighted by Gasteiger charge is 2.14. The first-order chi connectivity index (χ1) is 10.1. The summed E-state index contributed by atoms with van der Waals surface area (Å²) in [6, 6.07) is 14.6. The summed E-state index contributed by atoms with van der Waals surface area (Å²) in [4.78, 5) is 14.1. The van der Waals surface area contributed by atoms with Crippen LogP contribution in [0.1, 0.15) is 38.7 Å². The molecule has 0 fully saturated rings. The van der Waals surface area contributed by atoms with Gasteiger partial charge in [0.2, 0.25) is 5.91 Å². The minimum absolute atomic E-state index is 0.240. The Morgan fingerprint density at radius 2 is 1.86 bits per heavy atom. The van der Waals surface area contributed by atoms with Crippen LogP contribution in [0.3, 0.4) is 0 Å². The van der Waals surface area contributed by atoms with Gasteiger partial charge in [-0.05, 0) is 22.3 Å². The van der Waals surface area contributed by atoms with Crippen LogP contribution in [0.2, 0.25) is 0 Å². The Bertz CT molecular complexity index is 600. The molecule has 0 saturated heterocycles. The normalized spacial score (nSPS) is 12.3. The van der Waals surface area contributed by atoms with Gasteiger partial charge >= 0.3 is 0 Å². The van der Waals surface area contributed by atoms with Gasteiger partial charge in [0.05, 0.1) is 0 Å². The lowest BCUT2D eigenvalue weighted by atomic mass is 10.0. The van der Waals surface area contributed by atoms with E-state index in [0.717, 1.165) is 12.8 Å². The van der Waals surface area contributed by atoms with Gasteiger partial charge in [0, 0.05) is 20.0 Å². The van der Waals surface area contributed by atoms with E-state index in [1.54, 1.807) is 0 Å². The van der Waals surface area contributed by atoms with Crippen molar-refractivity contribution in [2.24, 2.45) is 5.92 Å². The summed E-state index contributed by atoms with van der Waals surface area (Å²) in [6.07, 6.45) is 2.91. The summed E-state index contributed by atoms with van der Waals surface area (Å²) in [7, 11) is 1.91. The van der Waals surface area contributed by atoms with Gasteiger partial charge in [-0.1, -0.05) is 69.2 Å². The number of carbonyl (C=O) groups is 1. The van der Waals surface area contributed by atoms with E-state index in [1.165, 1.54) is 16.3 Å². The highest BCUT2D eigenvalue weighted by atomic mass is 16.2. The number of fused-ring (bicyclic) bond motifs is 1. The molecule has 2 heteroatoms. The predicted molar refractivity (Wildman–Crippen MR) is 89.1 cm³/mol. The largest absolute Gasteiger partial charge is 0.341 e. The molecule has 0 bridgehead atoms. The van der Waals surface area contributed by atoms with Crippen LogP contribution < -0.4 is 0 Å². The SMILES string of the molecule is CCCC(C)CC(=O)N(C)Cc1cccc2ccccc12. The summed E-state index contributed by atoms with van der Waals surface area (Å²) in [6.45, 7) is 5.01. The van der Waals surface area contributed by atoms with Crippen molar-refractivity contribution in [2.75, 3.05) is 7.05 Å². The number of hydrogen-bond acceptors (Lipinski definition) is 1. The van der Waals surface area contributed by atoms with Crippen LogP contribution in [0.25, 0.3) is 10.8 Å². The number of amides is 1. The zero-order valence-electron chi connectivity index (χ0n) is 13.3. The molecule has 21 heavy (non-hydrogen) atoms. The van der Waals surface area contributed by atoms with E-state index < -0.39 is 0 Å². The van der Waals surface area contributed by atoms with E-state index in [0.29, 0.717) is 18.9 Å². The van der Waals surface area contributed by atoms with Crippen molar-refractivity contribution in [3.8, 4) is 0 Å². The Morgan fingerprint density at radius 3 is 2.62 bits per heavy atom. The average Bonchev–Trinajstić information content (AvgIpc) is 2.47. The Labute approximate surface area is 127 Å². The maximum atomic E-state index is 12.3. The van der Waals surface area contributed by atoms with Crippen LogP contribution in [0.5, 0.6) is 0 Å². The number of benzene rings is 2. The lowest BCUT2D eigenvalue weighted by Crippen LogP contribution is -2.27. The van der Waals surface area contributed by atoms with Crippen LogP contribution in [0.4, 0.5) is 0 Å². The van der Waals surface area contributed by atoms with Crippen LogP contribution in [-0.4, -0.2) is 17.9 Å². The second-order valence-electron chi connectivity index (χ2n) is 5.99. The first-order valence-corrected chi connectivity index (χ1v) is 7.82. The molecule has 0 radical (unpaired) electrons. The summed E-state index contributed by atoms with van der Waals surface area (Å²) < 4.78 is 0. The third-order valence-corrected chi connectivity index (χ3v) is 4.02. The zero-order chi connectivity index (χ0) is 15.2. The van der Waals surface area contributed by atoms with Crippen LogP contribution in [0.15, 0.2) is 42.5 Å². The van der Waals surface area contributed by atoms with Crippen molar-refractivity contribution in [2.45, 2.75) is 39.7 Å². The molecule has 112 valence electrons. The van der Waals surface area contributed by atoms with Gasteiger partial charge in [-0.25, -0.2) is 0 Å². The molecule has 0 aliphatic heterocycles. The van der Waals surface area contributed by atoms with Crippen molar-refractivity contribution < 1.29 is 4.79 Å². The van der Waals surface area contributed by atoms with Crippen molar-refractivity contribution >= 4 is 16.7 Å². The molecule has 1 atom stereocenters. The number of hydrogen-bond donors (Lipinski definition) is 0. The topological polar surface area (TPSA) is 20.3 Å². The highest BCUT2D eigenvalue weighted by molar-refractivity contribution is 5.86. The van der Waals surface area contributed by atoms with Crippen LogP contribution in [0, 0.1) is 5.92 Å². The molecular formula is C19H25NO. The van der Waals surface area contributed by atoms with Crippen molar-refractivity contribution in [3.63, 3.8) is 0 Å². The van der Waals surface area contributed by atoms with Crippen LogP contribution >= 0.6 is 0 Å². The lowest BCUT2D eigenvalue weighted by molar-refractivity contribution is -0.131. The number of carbonyl (C=O) groups excluding carboxylic acids is 1. The lowest BCUT2D eigenvalue weighted by Gasteiger charge is -2.20. The Morgan fingerprint density at radius 1 is 1.14 bits per heavy atom. The summed E-state index contributed by atoms with van der Waals surface area (Å²) in [5, 5.41) is 2.47. The molecular weight excluding hydrogens is 258 g/mol. The zero-order valence-corrected chi connectivity index (χ0v) is 13.3. The van der Waals surface area contributed by atoms with Gasteiger partial charge < -0.3 is 4.90 Å². The quantitative estimate of drug-likeness (QED) is 0.757. The van der Waals surface area contributed by atoms with Gasteiger partial charge in [-0.3, -0.25) is 4.79 Å². The van der Waals surface area contributed by atoms with Crippen LogP contribution in [-0.2, 0) is 11.3 Å². The van der Waals surface area contributed by atoms with E-state index in [1.807, 2.05) is 18.0 Å². The third-order valence-electron chi connectivity index (χ3n) is 4.02. The Kier molecular flexibility index (Phi) is 5.38. The highest BCUT2D eigenvalue weighted by Crippen LogP contribution is 2.20. The van der Waals surface area contributed by atoms with E-state index in [9.17, 15) is 4.79 Å². The fraction of sp³-hybridized carbons (Fsp3) is 0.421. The molecule has 2 nitrogen and oxygen atoms in total. The summed E-state index contributed by atoms with van der Waals surface area (Å²) >= 11 is 0. The maximum Gasteiger partial charge on any atom is 0.222 e. The second kappa shape index (κ2) is 7.26. The van der Waals surface area contributed by atoms with Crippen molar-refractivity contribution in [1.29, 1.82) is 0 Å². The van der Waals surface area contributed by atoms with Gasteiger partial charge in [-0.2, -0.15) is 0 Å². The molecule has 2 rings (SSSR count). The molecule has 0 aromatic heterocycles. The predicted octanol–water partition coefficient (Wildman–Crippen LogP) is 4.62. The van der Waals surface area contributed by atoms with Gasteiger partial charge in [-0.15, -0.1) is 0 Å². The molecule has 0 N–H and O–H groups in total. The third kappa shape index (κ3) is 4.07. The molecule has 1 unspecified atom stereocenters. The second-order valence-corrected chi connectivity index (χ2v) is 5.99. The number of rotatable bonds is 6. The molecule has 0 saturated carbocycles. The van der Waals surface area contributed by atoms with Gasteiger partial charge in [0.1, 0.15) is 0 Å². The monoisotopic (exact) mass is 283 g/mol. The van der Waals surface area contributed by atoms with E-state index in [-0.39, 0.29) is 5.91 Å². The fourth-order valence-corrected chi connectivity index (χ4v) is 2.82. The first kappa shape index (κ1) is 15.6. The summed E-state index contributed by atoms with van der Waals surface area (Å²) in [5.74, 6) is 0.710. The smallest absolute Gasteiger partial charge is 0.222 e. The average molecular weight is 283 g/mol. The Balaban J connectivity index is 2.07. The first-order valence-electron chi connectivity index (χ1n) is 7.82. The van der Waals surface area contributed by atoms with E-state index >= 15 is 0 Å². The minimum Gasteiger partial charge on any atom is -0.341 e. The summed E-state index contributed by atoms with van der Waals surface area (Å²) in [5.41, 5.74) is 1.21. The molecule has 0 aliphatic carbocycles. The van der Waals surface area contributed by atoms with E-state index in [4.69, 9.17) is 0 Å². The molecule has 2 aromatic carbocycles. The van der Waals surface area contributed by atoms with E-state index in [2.05, 4.69) is 50.2 Å². The molecule has 2 aromatic rings. The standard InChI is InChI=1S/C19H25NO/c1-4-8-15(2)13-19(21)20(3)14-17-11-7-10-16-9-5-6-12-18(16)17/h5-7,9-12,15H,4,8,13-14H2,1-3H3. The Hall–Kier alpha value is -1.83. The molecule has 0 heterocycles. The minimum atomic E-state index is 0.240. The maximum absolute atomic E-state index is 12.3. The number of nitrogens with zero attached hydrogens (tertiary/aromatic N) is 1. The molecule has 1 amide bonds. The van der Waals surface area contributed by atoms with Gasteiger partial charge in [0.15, 0.2) is 0 Å². The van der Waals surface area contributed by atoms with Crippen molar-refractivity contribution in [1.82, 2.24) is 4.90 Å².